The molecule has 5 nitrogen and oxygen atoms in total. The number of hydrogen-bond acceptors (Lipinski definition) is 3. The van der Waals surface area contributed by atoms with Gasteiger partial charge in [0.1, 0.15) is 0 Å². The molecule has 3 amide bonds. The SMILES string of the molecule is Cc1cccc(N2C(=O)c3ccc(C(=O)Nc4cccc5ccccc45)cc3C2=O)c1. The molecule has 0 aromatic heterocycles. The molecule has 4 aromatic carbocycles. The minimum atomic E-state index is -0.426. The number of hydrogen-bond donors (Lipinski definition) is 1. The van der Waals surface area contributed by atoms with E-state index in [0.717, 1.165) is 21.2 Å². The molecule has 31 heavy (non-hydrogen) atoms. The predicted octanol–water partition coefficient (Wildman–Crippen LogP) is 5.20. The van der Waals surface area contributed by atoms with E-state index in [1.54, 1.807) is 30.3 Å². The van der Waals surface area contributed by atoms with Crippen molar-refractivity contribution in [2.75, 3.05) is 10.2 Å². The van der Waals surface area contributed by atoms with E-state index in [0.29, 0.717) is 22.5 Å². The third-order valence-electron chi connectivity index (χ3n) is 5.45. The van der Waals surface area contributed by atoms with E-state index < -0.39 is 5.91 Å². The van der Waals surface area contributed by atoms with E-state index in [4.69, 9.17) is 0 Å². The number of anilines is 2. The van der Waals surface area contributed by atoms with Crippen molar-refractivity contribution in [1.29, 1.82) is 0 Å². The van der Waals surface area contributed by atoms with E-state index in [1.807, 2.05) is 55.5 Å². The highest BCUT2D eigenvalue weighted by molar-refractivity contribution is 6.34. The Kier molecular flexibility index (Phi) is 4.37. The third kappa shape index (κ3) is 3.16. The van der Waals surface area contributed by atoms with Gasteiger partial charge in [0, 0.05) is 16.6 Å². The predicted molar refractivity (Wildman–Crippen MR) is 121 cm³/mol. The quantitative estimate of drug-likeness (QED) is 0.476. The molecule has 1 aliphatic heterocycles. The lowest BCUT2D eigenvalue weighted by atomic mass is 10.0. The van der Waals surface area contributed by atoms with E-state index >= 15 is 0 Å². The van der Waals surface area contributed by atoms with Crippen molar-refractivity contribution >= 4 is 39.9 Å². The molecular weight excluding hydrogens is 388 g/mol. The first kappa shape index (κ1) is 18.8. The zero-order valence-electron chi connectivity index (χ0n) is 16.8. The Balaban J connectivity index is 1.47. The molecule has 1 N–H and O–H groups in total. The van der Waals surface area contributed by atoms with Crippen molar-refractivity contribution in [3.63, 3.8) is 0 Å². The lowest BCUT2D eigenvalue weighted by Gasteiger charge is -2.14. The van der Waals surface area contributed by atoms with Gasteiger partial charge in [-0.15, -0.1) is 0 Å². The maximum Gasteiger partial charge on any atom is 0.266 e. The number of rotatable bonds is 3. The molecule has 0 atom stereocenters. The average Bonchev–Trinajstić information content (AvgIpc) is 3.03. The zero-order chi connectivity index (χ0) is 21.5. The Morgan fingerprint density at radius 2 is 1.52 bits per heavy atom. The molecule has 0 spiro atoms. The van der Waals surface area contributed by atoms with Gasteiger partial charge in [-0.25, -0.2) is 4.90 Å². The average molecular weight is 406 g/mol. The fourth-order valence-corrected chi connectivity index (χ4v) is 3.91. The van der Waals surface area contributed by atoms with Gasteiger partial charge in [0.15, 0.2) is 0 Å². The third-order valence-corrected chi connectivity index (χ3v) is 5.45. The Labute approximate surface area is 178 Å². The second kappa shape index (κ2) is 7.22. The normalized spacial score (nSPS) is 12.9. The highest BCUT2D eigenvalue weighted by Crippen LogP contribution is 2.30. The summed E-state index contributed by atoms with van der Waals surface area (Å²) >= 11 is 0. The molecule has 0 radical (unpaired) electrons. The van der Waals surface area contributed by atoms with Crippen molar-refractivity contribution in [3.8, 4) is 0 Å². The lowest BCUT2D eigenvalue weighted by Crippen LogP contribution is -2.29. The van der Waals surface area contributed by atoms with Crippen molar-refractivity contribution in [1.82, 2.24) is 0 Å². The highest BCUT2D eigenvalue weighted by Gasteiger charge is 2.37. The number of amides is 3. The molecule has 150 valence electrons. The van der Waals surface area contributed by atoms with Crippen LogP contribution in [0.2, 0.25) is 0 Å². The van der Waals surface area contributed by atoms with Gasteiger partial charge < -0.3 is 5.32 Å². The maximum absolute atomic E-state index is 13.0. The first-order valence-electron chi connectivity index (χ1n) is 9.91. The van der Waals surface area contributed by atoms with Crippen LogP contribution in [0, 0.1) is 6.92 Å². The second-order valence-electron chi connectivity index (χ2n) is 7.53. The number of aryl methyl sites for hydroxylation is 1. The summed E-state index contributed by atoms with van der Waals surface area (Å²) in [6.07, 6.45) is 0. The van der Waals surface area contributed by atoms with Crippen LogP contribution in [0.15, 0.2) is 84.9 Å². The fraction of sp³-hybridized carbons (Fsp3) is 0.0385. The van der Waals surface area contributed by atoms with Crippen LogP contribution in [0.5, 0.6) is 0 Å². The molecule has 0 unspecified atom stereocenters. The highest BCUT2D eigenvalue weighted by atomic mass is 16.2. The monoisotopic (exact) mass is 406 g/mol. The maximum atomic E-state index is 13.0. The number of carbonyl (C=O) groups is 3. The summed E-state index contributed by atoms with van der Waals surface area (Å²) in [5.41, 5.74) is 3.01. The summed E-state index contributed by atoms with van der Waals surface area (Å²) in [6, 6.07) is 25.3. The summed E-state index contributed by atoms with van der Waals surface area (Å²) in [6.45, 7) is 1.90. The van der Waals surface area contributed by atoms with Crippen molar-refractivity contribution < 1.29 is 14.4 Å². The van der Waals surface area contributed by atoms with Gasteiger partial charge in [-0.3, -0.25) is 14.4 Å². The molecule has 0 saturated carbocycles. The van der Waals surface area contributed by atoms with Gasteiger partial charge in [-0.2, -0.15) is 0 Å². The smallest absolute Gasteiger partial charge is 0.266 e. The van der Waals surface area contributed by atoms with Gasteiger partial charge in [0.05, 0.1) is 16.8 Å². The molecule has 4 aromatic rings. The molecule has 0 fully saturated rings. The Morgan fingerprint density at radius 1 is 0.774 bits per heavy atom. The van der Waals surface area contributed by atoms with Gasteiger partial charge in [-0.1, -0.05) is 48.5 Å². The van der Waals surface area contributed by atoms with E-state index in [2.05, 4.69) is 5.32 Å². The number of benzene rings is 4. The van der Waals surface area contributed by atoms with Crippen LogP contribution >= 0.6 is 0 Å². The summed E-state index contributed by atoms with van der Waals surface area (Å²) in [4.78, 5) is 39.9. The number of carbonyl (C=O) groups excluding carboxylic acids is 3. The standard InChI is InChI=1S/C26H18N2O3/c1-16-6-4-9-19(14-16)28-25(30)21-13-12-18(15-22(21)26(28)31)24(29)27-23-11-5-8-17-7-2-3-10-20(17)23/h2-15H,1H3,(H,27,29). The molecule has 0 aliphatic carbocycles. The van der Waals surface area contributed by atoms with Gasteiger partial charge in [0.2, 0.25) is 0 Å². The van der Waals surface area contributed by atoms with E-state index in [1.165, 1.54) is 6.07 Å². The van der Waals surface area contributed by atoms with Crippen LogP contribution in [-0.2, 0) is 0 Å². The summed E-state index contributed by atoms with van der Waals surface area (Å²) in [5.74, 6) is -1.15. The topological polar surface area (TPSA) is 66.5 Å². The molecular formula is C26H18N2O3. The Hall–Kier alpha value is -4.25. The van der Waals surface area contributed by atoms with Gasteiger partial charge in [0.25, 0.3) is 17.7 Å². The zero-order valence-corrected chi connectivity index (χ0v) is 16.8. The van der Waals surface area contributed by atoms with Crippen molar-refractivity contribution in [3.05, 3.63) is 107 Å². The van der Waals surface area contributed by atoms with Crippen LogP contribution in [0.1, 0.15) is 36.6 Å². The minimum Gasteiger partial charge on any atom is -0.321 e. The number of fused-ring (bicyclic) bond motifs is 2. The lowest BCUT2D eigenvalue weighted by molar-refractivity contribution is 0.0925. The summed E-state index contributed by atoms with van der Waals surface area (Å²) < 4.78 is 0. The number of nitrogens with zero attached hydrogens (tertiary/aromatic N) is 1. The number of nitrogens with one attached hydrogen (secondary N) is 1. The Morgan fingerprint density at radius 3 is 2.35 bits per heavy atom. The summed E-state index contributed by atoms with van der Waals surface area (Å²) in [7, 11) is 0. The van der Waals surface area contributed by atoms with Crippen LogP contribution in [-0.4, -0.2) is 17.7 Å². The van der Waals surface area contributed by atoms with Crippen molar-refractivity contribution in [2.24, 2.45) is 0 Å². The van der Waals surface area contributed by atoms with Crippen LogP contribution in [0.25, 0.3) is 10.8 Å². The molecule has 5 rings (SSSR count). The first-order valence-corrected chi connectivity index (χ1v) is 9.91. The second-order valence-corrected chi connectivity index (χ2v) is 7.53. The van der Waals surface area contributed by atoms with Gasteiger partial charge in [-0.05, 0) is 54.3 Å². The molecule has 1 heterocycles. The molecule has 0 saturated heterocycles. The van der Waals surface area contributed by atoms with Crippen LogP contribution in [0.4, 0.5) is 11.4 Å². The molecule has 5 heteroatoms. The Bertz CT molecular complexity index is 1390. The largest absolute Gasteiger partial charge is 0.321 e. The first-order chi connectivity index (χ1) is 15.0. The fourth-order valence-electron chi connectivity index (χ4n) is 3.91. The minimum absolute atomic E-state index is 0.233. The summed E-state index contributed by atoms with van der Waals surface area (Å²) in [5, 5.41) is 4.86. The molecule has 1 aliphatic rings. The van der Waals surface area contributed by atoms with Crippen molar-refractivity contribution in [2.45, 2.75) is 6.92 Å². The number of imide groups is 1. The van der Waals surface area contributed by atoms with E-state index in [9.17, 15) is 14.4 Å². The molecule has 0 bridgehead atoms. The van der Waals surface area contributed by atoms with E-state index in [-0.39, 0.29) is 17.4 Å². The van der Waals surface area contributed by atoms with Gasteiger partial charge >= 0.3 is 0 Å². The van der Waals surface area contributed by atoms with Crippen LogP contribution < -0.4 is 10.2 Å². The van der Waals surface area contributed by atoms with Crippen LogP contribution in [0.3, 0.4) is 0 Å².